The molecule has 4 N–H and O–H groups in total. The Morgan fingerprint density at radius 3 is 1.38 bits per heavy atom. The number of aromatic nitrogens is 2. The van der Waals surface area contributed by atoms with Crippen molar-refractivity contribution in [1.82, 2.24) is 20.8 Å². The highest BCUT2D eigenvalue weighted by Gasteiger charge is 2.17. The lowest BCUT2D eigenvalue weighted by molar-refractivity contribution is 0.0943. The number of hydrogen-bond donors (Lipinski definition) is 4. The summed E-state index contributed by atoms with van der Waals surface area (Å²) in [5.74, 6) is -1.41. The molecule has 0 saturated heterocycles. The standard InChI is InChI=1S/C32H28N6O4/c1-17-15-25-26(16-18(17)2)34-30-22(20(4)36-38-32(42)24-10-6-8-12-28(24)40)14-13-21(29(30)33-25)19(3)35-37-31(41)23-9-5-7-11-27(23)39/h5-16,39-40H,1-4H3,(H,37,41)(H,38,42). The van der Waals surface area contributed by atoms with Crippen LogP contribution in [-0.2, 0) is 0 Å². The van der Waals surface area contributed by atoms with Gasteiger partial charge < -0.3 is 10.2 Å². The maximum absolute atomic E-state index is 12.6. The van der Waals surface area contributed by atoms with Gasteiger partial charge in [-0.15, -0.1) is 0 Å². The zero-order valence-electron chi connectivity index (χ0n) is 23.4. The number of fused-ring (bicyclic) bond motifs is 2. The average Bonchev–Trinajstić information content (AvgIpc) is 2.98. The zero-order chi connectivity index (χ0) is 30.0. The van der Waals surface area contributed by atoms with Crippen LogP contribution in [0.1, 0.15) is 56.8 Å². The van der Waals surface area contributed by atoms with E-state index in [0.29, 0.717) is 44.6 Å². The number of nitrogens with one attached hydrogen (secondary N) is 2. The molecule has 0 aliphatic carbocycles. The minimum absolute atomic E-state index is 0.101. The van der Waals surface area contributed by atoms with Crippen molar-refractivity contribution in [3.05, 3.63) is 106 Å². The first kappa shape index (κ1) is 27.9. The minimum atomic E-state index is -0.556. The molecular formula is C32H28N6O4. The van der Waals surface area contributed by atoms with E-state index >= 15 is 0 Å². The predicted molar refractivity (Wildman–Crippen MR) is 162 cm³/mol. The molecular weight excluding hydrogens is 532 g/mol. The Morgan fingerprint density at radius 2 is 1.00 bits per heavy atom. The number of rotatable bonds is 6. The number of benzene rings is 4. The van der Waals surface area contributed by atoms with Crippen molar-refractivity contribution in [3.8, 4) is 11.5 Å². The van der Waals surface area contributed by atoms with E-state index in [1.54, 1.807) is 50.2 Å². The van der Waals surface area contributed by atoms with Crippen LogP contribution >= 0.6 is 0 Å². The maximum Gasteiger partial charge on any atom is 0.275 e. The molecule has 0 bridgehead atoms. The van der Waals surface area contributed by atoms with Crippen LogP contribution in [0.5, 0.6) is 11.5 Å². The summed E-state index contributed by atoms with van der Waals surface area (Å²) in [6, 6.07) is 19.9. The molecule has 5 aromatic rings. The normalized spacial score (nSPS) is 12.0. The summed E-state index contributed by atoms with van der Waals surface area (Å²) >= 11 is 0. The number of aryl methyl sites for hydroxylation is 2. The molecule has 1 aromatic heterocycles. The van der Waals surface area contributed by atoms with Crippen molar-refractivity contribution in [1.29, 1.82) is 0 Å². The van der Waals surface area contributed by atoms with E-state index < -0.39 is 11.8 Å². The van der Waals surface area contributed by atoms with Crippen LogP contribution in [0.3, 0.4) is 0 Å². The molecule has 42 heavy (non-hydrogen) atoms. The van der Waals surface area contributed by atoms with Crippen molar-refractivity contribution < 1.29 is 19.8 Å². The van der Waals surface area contributed by atoms with E-state index in [1.165, 1.54) is 24.3 Å². The van der Waals surface area contributed by atoms with Crippen LogP contribution in [0.2, 0.25) is 0 Å². The fourth-order valence-electron chi connectivity index (χ4n) is 4.44. The summed E-state index contributed by atoms with van der Waals surface area (Å²) in [5.41, 5.74) is 12.0. The topological polar surface area (TPSA) is 149 Å². The number of nitrogens with zero attached hydrogens (tertiary/aromatic N) is 4. The van der Waals surface area contributed by atoms with E-state index in [9.17, 15) is 19.8 Å². The van der Waals surface area contributed by atoms with Gasteiger partial charge in [-0.1, -0.05) is 36.4 Å². The number of carbonyl (C=O) groups excluding carboxylic acids is 2. The third-order valence-corrected chi connectivity index (χ3v) is 6.93. The molecule has 0 aliphatic heterocycles. The monoisotopic (exact) mass is 560 g/mol. The molecule has 0 radical (unpaired) electrons. The number of para-hydroxylation sites is 2. The van der Waals surface area contributed by atoms with Crippen LogP contribution in [0.25, 0.3) is 22.1 Å². The van der Waals surface area contributed by atoms with Gasteiger partial charge in [0.15, 0.2) is 0 Å². The third kappa shape index (κ3) is 5.50. The second kappa shape index (κ2) is 11.5. The van der Waals surface area contributed by atoms with Gasteiger partial charge in [-0.3, -0.25) is 9.59 Å². The molecule has 0 fully saturated rings. The molecule has 0 atom stereocenters. The van der Waals surface area contributed by atoms with Gasteiger partial charge in [0, 0.05) is 11.1 Å². The lowest BCUT2D eigenvalue weighted by atomic mass is 10.0. The Bertz CT molecular complexity index is 1810. The van der Waals surface area contributed by atoms with E-state index in [2.05, 4.69) is 21.1 Å². The summed E-state index contributed by atoms with van der Waals surface area (Å²) in [4.78, 5) is 35.1. The summed E-state index contributed by atoms with van der Waals surface area (Å²) in [7, 11) is 0. The number of phenolic OH excluding ortho intramolecular Hbond substituents is 2. The van der Waals surface area contributed by atoms with Gasteiger partial charge in [0.2, 0.25) is 0 Å². The number of phenols is 2. The van der Waals surface area contributed by atoms with Gasteiger partial charge in [0.05, 0.1) is 44.6 Å². The van der Waals surface area contributed by atoms with Gasteiger partial charge in [-0.25, -0.2) is 20.8 Å². The zero-order valence-corrected chi connectivity index (χ0v) is 23.4. The Hall–Kier alpha value is -5.64. The number of hydrogen-bond acceptors (Lipinski definition) is 8. The quantitative estimate of drug-likeness (QED) is 0.129. The summed E-state index contributed by atoms with van der Waals surface area (Å²) < 4.78 is 0. The molecule has 10 nitrogen and oxygen atoms in total. The molecule has 210 valence electrons. The summed E-state index contributed by atoms with van der Waals surface area (Å²) in [5, 5.41) is 28.6. The molecule has 2 amide bonds. The van der Waals surface area contributed by atoms with Crippen LogP contribution in [0.15, 0.2) is 83.0 Å². The fraction of sp³-hybridized carbons (Fsp3) is 0.125. The Kier molecular flexibility index (Phi) is 7.61. The number of hydrazone groups is 2. The molecule has 1 heterocycles. The van der Waals surface area contributed by atoms with Crippen molar-refractivity contribution in [3.63, 3.8) is 0 Å². The molecule has 0 aliphatic rings. The van der Waals surface area contributed by atoms with Crippen molar-refractivity contribution in [2.75, 3.05) is 0 Å². The second-order valence-electron chi connectivity index (χ2n) is 9.82. The van der Waals surface area contributed by atoms with Crippen LogP contribution in [0, 0.1) is 13.8 Å². The first-order valence-corrected chi connectivity index (χ1v) is 13.1. The van der Waals surface area contributed by atoms with E-state index in [-0.39, 0.29) is 22.6 Å². The Morgan fingerprint density at radius 1 is 0.619 bits per heavy atom. The SMILES string of the molecule is CC(=NNC(=O)c1ccccc1O)c1ccc(C(C)=NNC(=O)c2ccccc2O)c2nc3cc(C)c(C)cc3nc12. The molecule has 0 spiro atoms. The predicted octanol–water partition coefficient (Wildman–Crippen LogP) is 5.12. The highest BCUT2D eigenvalue weighted by atomic mass is 16.3. The van der Waals surface area contributed by atoms with Crippen LogP contribution in [0.4, 0.5) is 0 Å². The highest BCUT2D eigenvalue weighted by molar-refractivity contribution is 6.16. The molecule has 0 saturated carbocycles. The Labute approximate surface area is 241 Å². The summed E-state index contributed by atoms with van der Waals surface area (Å²) in [6.07, 6.45) is 0. The molecule has 10 heteroatoms. The Balaban J connectivity index is 1.57. The minimum Gasteiger partial charge on any atom is -0.507 e. The molecule has 4 aromatic carbocycles. The first-order valence-electron chi connectivity index (χ1n) is 13.1. The van der Waals surface area contributed by atoms with Gasteiger partial charge in [0.25, 0.3) is 11.8 Å². The number of aromatic hydroxyl groups is 2. The van der Waals surface area contributed by atoms with Crippen molar-refractivity contribution in [2.24, 2.45) is 10.2 Å². The van der Waals surface area contributed by atoms with Gasteiger partial charge in [0.1, 0.15) is 11.5 Å². The van der Waals surface area contributed by atoms with Gasteiger partial charge in [-0.2, -0.15) is 10.2 Å². The highest BCUT2D eigenvalue weighted by Crippen LogP contribution is 2.26. The molecule has 0 unspecified atom stereocenters. The fourth-order valence-corrected chi connectivity index (χ4v) is 4.44. The number of carbonyl (C=O) groups is 2. The van der Waals surface area contributed by atoms with Crippen molar-refractivity contribution >= 4 is 45.3 Å². The summed E-state index contributed by atoms with van der Waals surface area (Å²) in [6.45, 7) is 7.48. The van der Waals surface area contributed by atoms with Gasteiger partial charge >= 0.3 is 0 Å². The smallest absolute Gasteiger partial charge is 0.275 e. The first-order chi connectivity index (χ1) is 20.1. The van der Waals surface area contributed by atoms with Gasteiger partial charge in [-0.05, 0) is 75.2 Å². The second-order valence-corrected chi connectivity index (χ2v) is 9.82. The molecule has 5 rings (SSSR count). The number of amides is 2. The average molecular weight is 561 g/mol. The van der Waals surface area contributed by atoms with Crippen LogP contribution in [-0.4, -0.2) is 43.4 Å². The lowest BCUT2D eigenvalue weighted by Gasteiger charge is -2.13. The van der Waals surface area contributed by atoms with E-state index in [0.717, 1.165) is 11.1 Å². The van der Waals surface area contributed by atoms with E-state index in [1.807, 2.05) is 26.0 Å². The largest absolute Gasteiger partial charge is 0.507 e. The third-order valence-electron chi connectivity index (χ3n) is 6.93. The maximum atomic E-state index is 12.6. The van der Waals surface area contributed by atoms with Crippen LogP contribution < -0.4 is 10.9 Å². The lowest BCUT2D eigenvalue weighted by Crippen LogP contribution is -2.20. The van der Waals surface area contributed by atoms with Crippen molar-refractivity contribution in [2.45, 2.75) is 27.7 Å². The van der Waals surface area contributed by atoms with E-state index in [4.69, 9.17) is 9.97 Å².